The van der Waals surface area contributed by atoms with Crippen LogP contribution in [0.25, 0.3) is 0 Å². The van der Waals surface area contributed by atoms with Crippen LogP contribution >= 0.6 is 0 Å². The van der Waals surface area contributed by atoms with E-state index in [1.165, 1.54) is 24.3 Å². The van der Waals surface area contributed by atoms with Crippen LogP contribution in [-0.2, 0) is 6.18 Å². The topological polar surface area (TPSA) is 44.4 Å². The molecule has 3 rings (SSSR count). The Balaban J connectivity index is 1.48. The minimum absolute atomic E-state index is 0.00530. The van der Waals surface area contributed by atoms with Gasteiger partial charge in [-0.3, -0.25) is 0 Å². The van der Waals surface area contributed by atoms with Gasteiger partial charge in [-0.25, -0.2) is 9.18 Å². The van der Waals surface area contributed by atoms with E-state index in [0.717, 1.165) is 23.3 Å². The van der Waals surface area contributed by atoms with Gasteiger partial charge in [-0.2, -0.15) is 13.2 Å². The number of anilines is 1. The maximum Gasteiger partial charge on any atom is 0.416 e. The van der Waals surface area contributed by atoms with E-state index in [1.54, 1.807) is 11.0 Å². The Hall–Kier alpha value is -2.61. The first-order valence-corrected chi connectivity index (χ1v) is 8.89. The van der Waals surface area contributed by atoms with Crippen LogP contribution in [0.15, 0.2) is 42.5 Å². The average Bonchev–Trinajstić information content (AvgIpc) is 2.57. The number of nitrogens with one attached hydrogen (secondary N) is 2. The molecule has 8 heteroatoms. The summed E-state index contributed by atoms with van der Waals surface area (Å²) in [4.78, 5) is 13.8. The average molecular weight is 395 g/mol. The molecule has 1 heterocycles. The summed E-state index contributed by atoms with van der Waals surface area (Å²) in [5, 5.41) is 5.99. The lowest BCUT2D eigenvalue weighted by molar-refractivity contribution is -0.137. The van der Waals surface area contributed by atoms with Crippen molar-refractivity contribution in [3.05, 3.63) is 65.0 Å². The maximum absolute atomic E-state index is 13.2. The highest BCUT2D eigenvalue weighted by molar-refractivity contribution is 5.89. The van der Waals surface area contributed by atoms with Crippen LogP contribution in [-0.4, -0.2) is 30.1 Å². The molecule has 2 N–H and O–H groups in total. The number of rotatable bonds is 4. The van der Waals surface area contributed by atoms with Gasteiger partial charge in [0.1, 0.15) is 5.82 Å². The van der Waals surface area contributed by atoms with E-state index in [4.69, 9.17) is 0 Å². The second-order valence-corrected chi connectivity index (χ2v) is 7.00. The zero-order valence-corrected chi connectivity index (χ0v) is 15.5. The maximum atomic E-state index is 13.2. The van der Waals surface area contributed by atoms with Crippen LogP contribution in [0, 0.1) is 12.7 Å². The summed E-state index contributed by atoms with van der Waals surface area (Å²) in [6.07, 6.45) is -4.40. The summed E-state index contributed by atoms with van der Waals surface area (Å²) in [6, 6.07) is 8.72. The number of carbonyl (C=O) groups excluding carboxylic acids is 1. The number of urea groups is 1. The molecule has 1 fully saturated rings. The van der Waals surface area contributed by atoms with Crippen LogP contribution < -0.4 is 10.6 Å². The number of benzene rings is 2. The lowest BCUT2D eigenvalue weighted by Gasteiger charge is -2.41. The molecule has 2 aromatic rings. The Morgan fingerprint density at radius 3 is 2.36 bits per heavy atom. The number of aryl methyl sites for hydroxylation is 1. The van der Waals surface area contributed by atoms with Gasteiger partial charge in [0, 0.05) is 30.9 Å². The molecular formula is C20H21F4N3O. The highest BCUT2D eigenvalue weighted by Crippen LogP contribution is 2.30. The van der Waals surface area contributed by atoms with E-state index < -0.39 is 11.7 Å². The molecule has 1 saturated heterocycles. The predicted molar refractivity (Wildman–Crippen MR) is 98.5 cm³/mol. The van der Waals surface area contributed by atoms with E-state index in [1.807, 2.05) is 13.8 Å². The van der Waals surface area contributed by atoms with Crippen molar-refractivity contribution < 1.29 is 22.4 Å². The molecule has 1 atom stereocenters. The van der Waals surface area contributed by atoms with E-state index in [9.17, 15) is 22.4 Å². The number of hydrogen-bond acceptors (Lipinski definition) is 2. The Labute approximate surface area is 160 Å². The van der Waals surface area contributed by atoms with Crippen molar-refractivity contribution in [2.75, 3.05) is 18.4 Å². The molecule has 0 saturated carbocycles. The molecule has 2 aromatic carbocycles. The highest BCUT2D eigenvalue weighted by Gasteiger charge is 2.32. The van der Waals surface area contributed by atoms with Gasteiger partial charge in [-0.15, -0.1) is 0 Å². The van der Waals surface area contributed by atoms with E-state index in [2.05, 4.69) is 10.6 Å². The van der Waals surface area contributed by atoms with Gasteiger partial charge >= 0.3 is 12.2 Å². The first-order chi connectivity index (χ1) is 13.1. The minimum Gasteiger partial charge on any atom is -0.321 e. The largest absolute Gasteiger partial charge is 0.416 e. The Kier molecular flexibility index (Phi) is 5.60. The van der Waals surface area contributed by atoms with Crippen molar-refractivity contribution in [1.29, 1.82) is 0 Å². The second-order valence-electron chi connectivity index (χ2n) is 7.00. The molecule has 0 aliphatic carbocycles. The Morgan fingerprint density at radius 2 is 1.79 bits per heavy atom. The highest BCUT2D eigenvalue weighted by atomic mass is 19.4. The van der Waals surface area contributed by atoms with E-state index in [-0.39, 0.29) is 23.9 Å². The zero-order chi connectivity index (χ0) is 20.5. The molecule has 2 amide bonds. The molecule has 28 heavy (non-hydrogen) atoms. The predicted octanol–water partition coefficient (Wildman–Crippen LogP) is 4.72. The standard InChI is InChI=1S/C20H21F4N3O/c1-12-9-15(21)5-8-18(12)13(2)25-17-10-27(11-17)19(28)26-16-6-3-14(4-7-16)20(22,23)24/h3-9,13,17,25H,10-11H2,1-2H3,(H,26,28). The van der Waals surface area contributed by atoms with Crippen molar-refractivity contribution in [3.63, 3.8) is 0 Å². The lowest BCUT2D eigenvalue weighted by atomic mass is 10.00. The molecule has 1 aliphatic rings. The number of hydrogen-bond donors (Lipinski definition) is 2. The summed E-state index contributed by atoms with van der Waals surface area (Å²) in [5.41, 5.74) is 1.40. The molecule has 0 radical (unpaired) electrons. The molecule has 0 spiro atoms. The van der Waals surface area contributed by atoms with Gasteiger partial charge in [-0.1, -0.05) is 6.07 Å². The summed E-state index contributed by atoms with van der Waals surface area (Å²) in [6.45, 7) is 4.79. The van der Waals surface area contributed by atoms with Gasteiger partial charge in [0.05, 0.1) is 5.56 Å². The molecular weight excluding hydrogens is 374 g/mol. The number of amides is 2. The van der Waals surface area contributed by atoms with Crippen LogP contribution in [0.1, 0.15) is 29.7 Å². The lowest BCUT2D eigenvalue weighted by Crippen LogP contribution is -2.61. The van der Waals surface area contributed by atoms with Gasteiger partial charge in [0.25, 0.3) is 0 Å². The van der Waals surface area contributed by atoms with Crippen LogP contribution in [0.5, 0.6) is 0 Å². The number of alkyl halides is 3. The van der Waals surface area contributed by atoms with Crippen molar-refractivity contribution in [1.82, 2.24) is 10.2 Å². The molecule has 0 bridgehead atoms. The van der Waals surface area contributed by atoms with Crippen molar-refractivity contribution >= 4 is 11.7 Å². The fourth-order valence-electron chi connectivity index (χ4n) is 3.26. The molecule has 4 nitrogen and oxygen atoms in total. The first kappa shape index (κ1) is 20.1. The number of nitrogens with zero attached hydrogens (tertiary/aromatic N) is 1. The van der Waals surface area contributed by atoms with Gasteiger partial charge < -0.3 is 15.5 Å². The Bertz CT molecular complexity index is 846. The summed E-state index contributed by atoms with van der Waals surface area (Å²) < 4.78 is 50.9. The third-order valence-corrected chi connectivity index (χ3v) is 4.82. The second kappa shape index (κ2) is 7.79. The number of halogens is 4. The van der Waals surface area contributed by atoms with Crippen LogP contribution in [0.4, 0.5) is 28.0 Å². The SMILES string of the molecule is Cc1cc(F)ccc1C(C)NC1CN(C(=O)Nc2ccc(C(F)(F)F)cc2)C1. The van der Waals surface area contributed by atoms with E-state index in [0.29, 0.717) is 18.8 Å². The quantitative estimate of drug-likeness (QED) is 0.736. The monoisotopic (exact) mass is 395 g/mol. The third-order valence-electron chi connectivity index (χ3n) is 4.82. The zero-order valence-electron chi connectivity index (χ0n) is 15.5. The Morgan fingerprint density at radius 1 is 1.14 bits per heavy atom. The number of likely N-dealkylation sites (tertiary alicyclic amines) is 1. The normalized spacial score (nSPS) is 15.9. The first-order valence-electron chi connectivity index (χ1n) is 8.89. The third kappa shape index (κ3) is 4.62. The summed E-state index contributed by atoms with van der Waals surface area (Å²) >= 11 is 0. The van der Waals surface area contributed by atoms with Crippen molar-refractivity contribution in [2.45, 2.75) is 32.1 Å². The summed E-state index contributed by atoms with van der Waals surface area (Å²) in [5.74, 6) is -0.275. The smallest absolute Gasteiger partial charge is 0.321 e. The molecule has 0 aromatic heterocycles. The van der Waals surface area contributed by atoms with E-state index >= 15 is 0 Å². The van der Waals surface area contributed by atoms with Gasteiger partial charge in [-0.05, 0) is 61.4 Å². The molecule has 150 valence electrons. The van der Waals surface area contributed by atoms with Crippen molar-refractivity contribution in [3.8, 4) is 0 Å². The fraction of sp³-hybridized carbons (Fsp3) is 0.350. The van der Waals surface area contributed by atoms with Gasteiger partial charge in [0.2, 0.25) is 0 Å². The fourth-order valence-corrected chi connectivity index (χ4v) is 3.26. The summed E-state index contributed by atoms with van der Waals surface area (Å²) in [7, 11) is 0. The van der Waals surface area contributed by atoms with Crippen LogP contribution in [0.2, 0.25) is 0 Å². The minimum atomic E-state index is -4.40. The molecule has 1 unspecified atom stereocenters. The van der Waals surface area contributed by atoms with Gasteiger partial charge in [0.15, 0.2) is 0 Å². The van der Waals surface area contributed by atoms with Crippen molar-refractivity contribution in [2.24, 2.45) is 0 Å². The number of carbonyl (C=O) groups is 1. The molecule has 1 aliphatic heterocycles. The van der Waals surface area contributed by atoms with Crippen LogP contribution in [0.3, 0.4) is 0 Å².